The molecule has 2 aliphatic rings. The monoisotopic (exact) mass is 384 g/mol. The molecule has 1 aliphatic carbocycles. The Labute approximate surface area is 142 Å². The van der Waals surface area contributed by atoms with Gasteiger partial charge >= 0.3 is 5.69 Å². The highest BCUT2D eigenvalue weighted by Gasteiger charge is 2.26. The third-order valence-corrected chi connectivity index (χ3v) is 5.08. The second-order valence-electron chi connectivity index (χ2n) is 6.37. The lowest BCUT2D eigenvalue weighted by Crippen LogP contribution is -2.47. The molecule has 2 N–H and O–H groups in total. The van der Waals surface area contributed by atoms with Crippen LogP contribution in [0.3, 0.4) is 0 Å². The fraction of sp³-hybridized carbons (Fsp3) is 0.667. The Morgan fingerprint density at radius 2 is 1.96 bits per heavy atom. The number of halogens is 1. The van der Waals surface area contributed by atoms with Crippen molar-refractivity contribution in [3.8, 4) is 0 Å². The summed E-state index contributed by atoms with van der Waals surface area (Å²) in [6.07, 6.45) is 5.94. The van der Waals surface area contributed by atoms with Crippen molar-refractivity contribution in [3.05, 3.63) is 31.5 Å². The molecule has 2 fully saturated rings. The summed E-state index contributed by atoms with van der Waals surface area (Å²) in [6.45, 7) is 2.47. The molecule has 2 heterocycles. The second-order valence-corrected chi connectivity index (χ2v) is 7.23. The van der Waals surface area contributed by atoms with Crippen LogP contribution in [0.25, 0.3) is 0 Å². The van der Waals surface area contributed by atoms with Gasteiger partial charge < -0.3 is 10.2 Å². The van der Waals surface area contributed by atoms with Gasteiger partial charge in [0.15, 0.2) is 0 Å². The van der Waals surface area contributed by atoms with Crippen molar-refractivity contribution >= 4 is 21.8 Å². The topological polar surface area (TPSA) is 87.2 Å². The molecule has 1 amide bonds. The minimum atomic E-state index is -0.562. The number of aromatic nitrogens is 2. The quantitative estimate of drug-likeness (QED) is 0.763. The molecule has 0 aromatic carbocycles. The Morgan fingerprint density at radius 1 is 1.26 bits per heavy atom. The highest BCUT2D eigenvalue weighted by atomic mass is 79.9. The first-order valence-electron chi connectivity index (χ1n) is 8.03. The number of hydrogen-bond acceptors (Lipinski definition) is 4. The number of nitrogens with one attached hydrogen (secondary N) is 2. The van der Waals surface area contributed by atoms with Crippen molar-refractivity contribution in [1.82, 2.24) is 19.8 Å². The van der Waals surface area contributed by atoms with Gasteiger partial charge in [-0.2, -0.15) is 0 Å². The van der Waals surface area contributed by atoms with Gasteiger partial charge in [0.05, 0.1) is 4.47 Å². The number of amides is 1. The first-order chi connectivity index (χ1) is 11.0. The number of aromatic amines is 1. The van der Waals surface area contributed by atoms with E-state index >= 15 is 0 Å². The van der Waals surface area contributed by atoms with Crippen molar-refractivity contribution in [2.45, 2.75) is 38.3 Å². The third kappa shape index (κ3) is 4.32. The second kappa shape index (κ2) is 7.00. The molecule has 0 bridgehead atoms. The average Bonchev–Trinajstić information content (AvgIpc) is 3.35. The molecule has 7 nitrogen and oxygen atoms in total. The van der Waals surface area contributed by atoms with Crippen LogP contribution in [0.2, 0.25) is 0 Å². The standard InChI is InChI=1S/C15H21BrN4O3/c16-12-8-20(15(23)18-14(12)22)9-13(21)19-5-3-11(4-6-19)17-7-10-1-2-10/h8,10-11,17H,1-7,9H2,(H,18,22,23). The molecular weight excluding hydrogens is 364 g/mol. The van der Waals surface area contributed by atoms with Crippen LogP contribution in [0.4, 0.5) is 0 Å². The number of hydrogen-bond donors (Lipinski definition) is 2. The van der Waals surface area contributed by atoms with Crippen LogP contribution in [0.5, 0.6) is 0 Å². The lowest BCUT2D eigenvalue weighted by Gasteiger charge is -2.32. The molecule has 0 spiro atoms. The normalized spacial score (nSPS) is 19.1. The predicted molar refractivity (Wildman–Crippen MR) is 89.4 cm³/mol. The van der Waals surface area contributed by atoms with Crippen LogP contribution < -0.4 is 16.6 Å². The van der Waals surface area contributed by atoms with E-state index in [2.05, 4.69) is 26.2 Å². The molecule has 3 rings (SSSR count). The van der Waals surface area contributed by atoms with Crippen molar-refractivity contribution in [2.75, 3.05) is 19.6 Å². The van der Waals surface area contributed by atoms with E-state index in [0.717, 1.165) is 25.3 Å². The Bertz CT molecular complexity index is 687. The summed E-state index contributed by atoms with van der Waals surface area (Å²) in [5.74, 6) is 0.770. The smallest absolute Gasteiger partial charge is 0.328 e. The summed E-state index contributed by atoms with van der Waals surface area (Å²) in [5, 5.41) is 3.58. The van der Waals surface area contributed by atoms with E-state index in [-0.39, 0.29) is 16.9 Å². The van der Waals surface area contributed by atoms with Gasteiger partial charge in [0.25, 0.3) is 5.56 Å². The van der Waals surface area contributed by atoms with E-state index in [0.29, 0.717) is 19.1 Å². The minimum Gasteiger partial charge on any atom is -0.341 e. The van der Waals surface area contributed by atoms with Gasteiger partial charge in [-0.15, -0.1) is 0 Å². The van der Waals surface area contributed by atoms with Crippen molar-refractivity contribution in [1.29, 1.82) is 0 Å². The molecule has 1 aliphatic heterocycles. The maximum atomic E-state index is 12.3. The predicted octanol–water partition coefficient (Wildman–Crippen LogP) is 0.290. The van der Waals surface area contributed by atoms with Gasteiger partial charge in [-0.1, -0.05) is 0 Å². The summed E-state index contributed by atoms with van der Waals surface area (Å²) in [5.41, 5.74) is -1.05. The van der Waals surface area contributed by atoms with Crippen LogP contribution in [-0.4, -0.2) is 46.0 Å². The first kappa shape index (κ1) is 16.4. The number of likely N-dealkylation sites (tertiary alicyclic amines) is 1. The zero-order chi connectivity index (χ0) is 16.4. The Kier molecular flexibility index (Phi) is 5.01. The van der Waals surface area contributed by atoms with E-state index in [9.17, 15) is 14.4 Å². The molecule has 0 unspecified atom stereocenters. The van der Waals surface area contributed by atoms with E-state index in [1.54, 1.807) is 4.90 Å². The fourth-order valence-corrected chi connectivity index (χ4v) is 3.18. The summed E-state index contributed by atoms with van der Waals surface area (Å²) in [4.78, 5) is 39.3. The summed E-state index contributed by atoms with van der Waals surface area (Å²) in [6, 6.07) is 0.490. The number of piperidine rings is 1. The molecule has 0 atom stereocenters. The summed E-state index contributed by atoms with van der Waals surface area (Å²) >= 11 is 3.07. The van der Waals surface area contributed by atoms with Crippen LogP contribution in [0.1, 0.15) is 25.7 Å². The van der Waals surface area contributed by atoms with E-state index in [4.69, 9.17) is 0 Å². The number of rotatable bonds is 5. The van der Waals surface area contributed by atoms with E-state index in [1.165, 1.54) is 23.6 Å². The molecule has 1 saturated heterocycles. The Balaban J connectivity index is 1.52. The molecular formula is C15H21BrN4O3. The lowest BCUT2D eigenvalue weighted by molar-refractivity contribution is -0.133. The minimum absolute atomic E-state index is 0.0472. The average molecular weight is 385 g/mol. The number of H-pyrrole nitrogens is 1. The molecule has 23 heavy (non-hydrogen) atoms. The fourth-order valence-electron chi connectivity index (χ4n) is 2.83. The molecule has 1 aromatic rings. The Hall–Kier alpha value is -1.41. The van der Waals surface area contributed by atoms with Crippen LogP contribution in [-0.2, 0) is 11.3 Å². The van der Waals surface area contributed by atoms with Gasteiger partial charge in [0.1, 0.15) is 6.54 Å². The van der Waals surface area contributed by atoms with Crippen molar-refractivity contribution in [2.24, 2.45) is 5.92 Å². The van der Waals surface area contributed by atoms with E-state index < -0.39 is 11.2 Å². The molecule has 8 heteroatoms. The third-order valence-electron chi connectivity index (χ3n) is 4.51. The van der Waals surface area contributed by atoms with Crippen LogP contribution in [0.15, 0.2) is 20.3 Å². The zero-order valence-corrected chi connectivity index (χ0v) is 14.5. The molecule has 1 aromatic heterocycles. The number of carbonyl (C=O) groups is 1. The van der Waals surface area contributed by atoms with E-state index in [1.807, 2.05) is 0 Å². The summed E-state index contributed by atoms with van der Waals surface area (Å²) < 4.78 is 1.47. The maximum absolute atomic E-state index is 12.3. The number of carbonyl (C=O) groups excluding carboxylic acids is 1. The lowest BCUT2D eigenvalue weighted by atomic mass is 10.0. The van der Waals surface area contributed by atoms with Crippen molar-refractivity contribution < 1.29 is 4.79 Å². The molecule has 126 valence electrons. The van der Waals surface area contributed by atoms with Gasteiger partial charge in [-0.3, -0.25) is 19.1 Å². The zero-order valence-electron chi connectivity index (χ0n) is 12.9. The van der Waals surface area contributed by atoms with Crippen LogP contribution in [0, 0.1) is 5.92 Å². The van der Waals surface area contributed by atoms with Gasteiger partial charge in [-0.05, 0) is 54.1 Å². The highest BCUT2D eigenvalue weighted by Crippen LogP contribution is 2.28. The van der Waals surface area contributed by atoms with Crippen molar-refractivity contribution in [3.63, 3.8) is 0 Å². The van der Waals surface area contributed by atoms with Gasteiger partial charge in [0.2, 0.25) is 5.91 Å². The largest absolute Gasteiger partial charge is 0.341 e. The van der Waals surface area contributed by atoms with Gasteiger partial charge in [0, 0.05) is 25.3 Å². The number of nitrogens with zero attached hydrogens (tertiary/aromatic N) is 2. The first-order valence-corrected chi connectivity index (χ1v) is 8.82. The molecule has 1 saturated carbocycles. The molecule has 0 radical (unpaired) electrons. The maximum Gasteiger partial charge on any atom is 0.328 e. The van der Waals surface area contributed by atoms with Crippen LogP contribution >= 0.6 is 15.9 Å². The highest BCUT2D eigenvalue weighted by molar-refractivity contribution is 9.10. The summed E-state index contributed by atoms with van der Waals surface area (Å²) in [7, 11) is 0. The SMILES string of the molecule is O=C(Cn1cc(Br)c(=O)[nH]c1=O)N1CCC(NCC2CC2)CC1. The van der Waals surface area contributed by atoms with Gasteiger partial charge in [-0.25, -0.2) is 4.79 Å². The Morgan fingerprint density at radius 3 is 2.61 bits per heavy atom.